The van der Waals surface area contributed by atoms with Gasteiger partial charge in [0, 0.05) is 0 Å². The number of hydrogen-bond acceptors (Lipinski definition) is 5. The summed E-state index contributed by atoms with van der Waals surface area (Å²) in [5.41, 5.74) is 0.662. The fraction of sp³-hybridized carbons (Fsp3) is 0.0625. The fourth-order valence-corrected chi connectivity index (χ4v) is 2.08. The Morgan fingerprint density at radius 2 is 1.62 bits per heavy atom. The Morgan fingerprint density at radius 1 is 1.04 bits per heavy atom. The predicted octanol–water partition coefficient (Wildman–Crippen LogP) is 1.98. The first-order valence-electron chi connectivity index (χ1n) is 6.83. The number of aliphatic carboxylic acids is 1. The van der Waals surface area contributed by atoms with E-state index in [4.69, 9.17) is 0 Å². The number of amides is 1. The maximum atomic E-state index is 12.4. The standard InChI is InChI=1S/C16H12N4O3.Na.H/c21-15-13(18-17-11-7-3-1-4-8-11)14(16(22)23)19-20(15)12-9-5-2-6-10-12;;/h1-10,13H,(H,22,23);;. The number of hydrogen-bond donors (Lipinski definition) is 1. The number of anilines is 1. The van der Waals surface area contributed by atoms with Gasteiger partial charge < -0.3 is 5.11 Å². The Balaban J connectivity index is 0.00000208. The quantitative estimate of drug-likeness (QED) is 0.685. The van der Waals surface area contributed by atoms with E-state index in [0.717, 1.165) is 5.01 Å². The van der Waals surface area contributed by atoms with Gasteiger partial charge in [0.1, 0.15) is 0 Å². The molecule has 0 fully saturated rings. The van der Waals surface area contributed by atoms with Gasteiger partial charge in [-0.15, -0.1) is 0 Å². The molecule has 1 aliphatic heterocycles. The Hall–Kier alpha value is -2.35. The molecule has 0 spiro atoms. The summed E-state index contributed by atoms with van der Waals surface area (Å²) in [7, 11) is 0. The first kappa shape index (κ1) is 18.0. The summed E-state index contributed by atoms with van der Waals surface area (Å²) in [5, 5.41) is 22.0. The van der Waals surface area contributed by atoms with Crippen LogP contribution in [-0.4, -0.2) is 58.3 Å². The van der Waals surface area contributed by atoms with Gasteiger partial charge >= 0.3 is 35.5 Å². The number of carboxylic acid groups (broad SMARTS) is 1. The van der Waals surface area contributed by atoms with E-state index >= 15 is 0 Å². The second-order valence-corrected chi connectivity index (χ2v) is 4.73. The van der Waals surface area contributed by atoms with Gasteiger partial charge in [-0.2, -0.15) is 20.3 Å². The average molecular weight is 332 g/mol. The van der Waals surface area contributed by atoms with E-state index in [1.165, 1.54) is 0 Å². The molecule has 2 aromatic carbocycles. The van der Waals surface area contributed by atoms with Crippen LogP contribution in [0.1, 0.15) is 0 Å². The molecule has 0 radical (unpaired) electrons. The molecule has 24 heavy (non-hydrogen) atoms. The van der Waals surface area contributed by atoms with Crippen molar-refractivity contribution in [3.63, 3.8) is 0 Å². The van der Waals surface area contributed by atoms with Crippen molar-refractivity contribution in [2.24, 2.45) is 15.3 Å². The van der Waals surface area contributed by atoms with E-state index in [-0.39, 0.29) is 35.3 Å². The van der Waals surface area contributed by atoms with E-state index in [1.54, 1.807) is 54.6 Å². The summed E-state index contributed by atoms with van der Waals surface area (Å²) in [5.74, 6) is -1.85. The number of carboxylic acids is 1. The normalized spacial score (nSPS) is 16.8. The second kappa shape index (κ2) is 7.96. The maximum absolute atomic E-state index is 12.4. The SMILES string of the molecule is O=C(O)C1=NN(c2ccccc2)C(=O)C1N=Nc1ccccc1.[NaH]. The molecule has 0 bridgehead atoms. The first-order valence-corrected chi connectivity index (χ1v) is 6.83. The van der Waals surface area contributed by atoms with Crippen molar-refractivity contribution in [1.29, 1.82) is 0 Å². The van der Waals surface area contributed by atoms with Crippen molar-refractivity contribution in [3.8, 4) is 0 Å². The third kappa shape index (κ3) is 3.76. The van der Waals surface area contributed by atoms with Gasteiger partial charge in [0.25, 0.3) is 5.91 Å². The van der Waals surface area contributed by atoms with Crippen molar-refractivity contribution in [3.05, 3.63) is 60.7 Å². The van der Waals surface area contributed by atoms with Crippen LogP contribution in [0.4, 0.5) is 11.4 Å². The molecule has 1 heterocycles. The van der Waals surface area contributed by atoms with E-state index in [9.17, 15) is 14.7 Å². The van der Waals surface area contributed by atoms with E-state index in [2.05, 4.69) is 15.3 Å². The van der Waals surface area contributed by atoms with Crippen molar-refractivity contribution in [2.45, 2.75) is 6.04 Å². The van der Waals surface area contributed by atoms with Gasteiger partial charge in [-0.1, -0.05) is 36.4 Å². The van der Waals surface area contributed by atoms with E-state index in [1.807, 2.05) is 6.07 Å². The Kier molecular flexibility index (Phi) is 5.97. The van der Waals surface area contributed by atoms with Crippen LogP contribution in [0, 0.1) is 0 Å². The summed E-state index contributed by atoms with van der Waals surface area (Å²) < 4.78 is 0. The molecule has 1 atom stereocenters. The van der Waals surface area contributed by atoms with Crippen LogP contribution in [0.25, 0.3) is 0 Å². The third-order valence-electron chi connectivity index (χ3n) is 3.17. The Labute approximate surface area is 160 Å². The van der Waals surface area contributed by atoms with Crippen LogP contribution in [0.2, 0.25) is 0 Å². The number of nitrogens with zero attached hydrogens (tertiary/aromatic N) is 4. The molecular formula is C16H13N4NaO3. The minimum absolute atomic E-state index is 0. The minimum atomic E-state index is -1.30. The molecule has 1 N–H and O–H groups in total. The topological polar surface area (TPSA) is 94.7 Å². The first-order chi connectivity index (χ1) is 11.2. The summed E-state index contributed by atoms with van der Waals surface area (Å²) >= 11 is 0. The third-order valence-corrected chi connectivity index (χ3v) is 3.17. The molecule has 0 saturated carbocycles. The summed E-state index contributed by atoms with van der Waals surface area (Å²) in [6.07, 6.45) is 0. The summed E-state index contributed by atoms with van der Waals surface area (Å²) in [6.45, 7) is 0. The molecule has 0 saturated heterocycles. The van der Waals surface area contributed by atoms with Crippen LogP contribution in [0.3, 0.4) is 0 Å². The molecule has 2 aromatic rings. The van der Waals surface area contributed by atoms with Gasteiger partial charge in [-0.25, -0.2) is 4.79 Å². The monoisotopic (exact) mass is 332 g/mol. The zero-order chi connectivity index (χ0) is 16.2. The average Bonchev–Trinajstić information content (AvgIpc) is 2.92. The number of benzene rings is 2. The van der Waals surface area contributed by atoms with Gasteiger partial charge in [-0.3, -0.25) is 4.79 Å². The molecule has 7 nitrogen and oxygen atoms in total. The van der Waals surface area contributed by atoms with Crippen molar-refractivity contribution in [1.82, 2.24) is 0 Å². The number of hydrazone groups is 1. The summed E-state index contributed by atoms with van der Waals surface area (Å²) in [6, 6.07) is 16.1. The van der Waals surface area contributed by atoms with Gasteiger partial charge in [-0.05, 0) is 24.3 Å². The fourth-order valence-electron chi connectivity index (χ4n) is 2.08. The van der Waals surface area contributed by atoms with Gasteiger partial charge in [0.2, 0.25) is 6.04 Å². The van der Waals surface area contributed by atoms with Crippen LogP contribution in [-0.2, 0) is 9.59 Å². The predicted molar refractivity (Wildman–Crippen MR) is 90.9 cm³/mol. The number of para-hydroxylation sites is 1. The molecule has 0 aliphatic carbocycles. The van der Waals surface area contributed by atoms with Gasteiger partial charge in [0.05, 0.1) is 11.4 Å². The number of rotatable bonds is 4. The second-order valence-electron chi connectivity index (χ2n) is 4.73. The number of carbonyl (C=O) groups is 2. The molecule has 3 rings (SSSR count). The van der Waals surface area contributed by atoms with Crippen LogP contribution in [0.15, 0.2) is 76.0 Å². The molecule has 0 aromatic heterocycles. The molecule has 1 amide bonds. The summed E-state index contributed by atoms with van der Waals surface area (Å²) in [4.78, 5) is 23.8. The molecule has 1 aliphatic rings. The number of carbonyl (C=O) groups excluding carboxylic acids is 1. The van der Waals surface area contributed by atoms with Crippen LogP contribution >= 0.6 is 0 Å². The molecule has 1 unspecified atom stereocenters. The molecular weight excluding hydrogens is 319 g/mol. The van der Waals surface area contributed by atoms with Crippen LogP contribution < -0.4 is 5.01 Å². The van der Waals surface area contributed by atoms with Crippen molar-refractivity contribution in [2.75, 3.05) is 5.01 Å². The van der Waals surface area contributed by atoms with Crippen molar-refractivity contribution < 1.29 is 14.7 Å². The zero-order valence-electron chi connectivity index (χ0n) is 11.9. The Morgan fingerprint density at radius 3 is 2.21 bits per heavy atom. The van der Waals surface area contributed by atoms with E-state index in [0.29, 0.717) is 11.4 Å². The zero-order valence-corrected chi connectivity index (χ0v) is 11.9. The molecule has 116 valence electrons. The van der Waals surface area contributed by atoms with Gasteiger partial charge in [0.15, 0.2) is 5.71 Å². The van der Waals surface area contributed by atoms with Crippen LogP contribution in [0.5, 0.6) is 0 Å². The molecule has 8 heteroatoms. The Bertz CT molecular complexity index is 793. The van der Waals surface area contributed by atoms with Crippen molar-refractivity contribution >= 4 is 58.5 Å². The number of azo groups is 1. The van der Waals surface area contributed by atoms with E-state index < -0.39 is 17.9 Å².